The predicted octanol–water partition coefficient (Wildman–Crippen LogP) is 2.47. The predicted molar refractivity (Wildman–Crippen MR) is 90.5 cm³/mol. The first kappa shape index (κ1) is 17.8. The number of likely N-dealkylation sites (tertiary alicyclic amines) is 1. The minimum absolute atomic E-state index is 0.0368. The van der Waals surface area contributed by atoms with Crippen LogP contribution in [0.1, 0.15) is 37.7 Å². The zero-order valence-corrected chi connectivity index (χ0v) is 14.6. The minimum atomic E-state index is 0.0368. The van der Waals surface area contributed by atoms with Crippen molar-refractivity contribution in [2.24, 2.45) is 0 Å². The van der Waals surface area contributed by atoms with Gasteiger partial charge in [-0.05, 0) is 32.9 Å². The van der Waals surface area contributed by atoms with Crippen LogP contribution in [0.5, 0.6) is 0 Å². The van der Waals surface area contributed by atoms with Crippen LogP contribution in [0.2, 0.25) is 0 Å². The number of allylic oxidation sites excluding steroid dienone is 1. The fraction of sp³-hybridized carbons (Fsp3) is 0.611. The quantitative estimate of drug-likeness (QED) is 0.784. The van der Waals surface area contributed by atoms with Gasteiger partial charge >= 0.3 is 0 Å². The fourth-order valence-electron chi connectivity index (χ4n) is 3.02. The molecule has 1 aliphatic rings. The Labute approximate surface area is 138 Å². The van der Waals surface area contributed by atoms with E-state index in [0.717, 1.165) is 31.2 Å². The molecule has 0 radical (unpaired) electrons. The van der Waals surface area contributed by atoms with E-state index in [1.54, 1.807) is 7.11 Å². The monoisotopic (exact) mass is 320 g/mol. The van der Waals surface area contributed by atoms with Crippen molar-refractivity contribution < 1.29 is 13.9 Å². The van der Waals surface area contributed by atoms with Crippen molar-refractivity contribution in [3.63, 3.8) is 0 Å². The summed E-state index contributed by atoms with van der Waals surface area (Å²) in [6, 6.07) is 4.09. The van der Waals surface area contributed by atoms with E-state index in [-0.39, 0.29) is 17.9 Å². The maximum Gasteiger partial charge on any atom is 0.222 e. The maximum absolute atomic E-state index is 12.1. The summed E-state index contributed by atoms with van der Waals surface area (Å²) in [5.41, 5.74) is 1.34. The molecule has 1 fully saturated rings. The molecule has 0 saturated carbocycles. The number of nitrogens with one attached hydrogen (secondary N) is 1. The first-order valence-electron chi connectivity index (χ1n) is 8.22. The summed E-state index contributed by atoms with van der Waals surface area (Å²) in [6.07, 6.45) is 2.53. The van der Waals surface area contributed by atoms with E-state index < -0.39 is 0 Å². The molecule has 23 heavy (non-hydrogen) atoms. The summed E-state index contributed by atoms with van der Waals surface area (Å²) in [7, 11) is 1.61. The van der Waals surface area contributed by atoms with Crippen LogP contribution >= 0.6 is 0 Å². The van der Waals surface area contributed by atoms with Gasteiger partial charge in [0.15, 0.2) is 0 Å². The molecule has 128 valence electrons. The topological polar surface area (TPSA) is 54.7 Å². The number of carbonyl (C=O) groups is 1. The number of rotatable bonds is 7. The van der Waals surface area contributed by atoms with Gasteiger partial charge in [-0.15, -0.1) is 0 Å². The first-order valence-corrected chi connectivity index (χ1v) is 8.22. The van der Waals surface area contributed by atoms with Crippen molar-refractivity contribution in [1.82, 2.24) is 10.2 Å². The lowest BCUT2D eigenvalue weighted by Gasteiger charge is -2.18. The van der Waals surface area contributed by atoms with Crippen molar-refractivity contribution >= 4 is 5.91 Å². The van der Waals surface area contributed by atoms with Crippen molar-refractivity contribution in [2.45, 2.75) is 39.2 Å². The highest BCUT2D eigenvalue weighted by Gasteiger charge is 2.36. The van der Waals surface area contributed by atoms with Gasteiger partial charge in [0.2, 0.25) is 5.91 Å². The van der Waals surface area contributed by atoms with Crippen LogP contribution in [0.25, 0.3) is 0 Å². The van der Waals surface area contributed by atoms with Crippen molar-refractivity contribution in [2.75, 3.05) is 33.4 Å². The van der Waals surface area contributed by atoms with Gasteiger partial charge in [0.1, 0.15) is 11.5 Å². The Morgan fingerprint density at radius 2 is 2.26 bits per heavy atom. The smallest absolute Gasteiger partial charge is 0.222 e. The lowest BCUT2D eigenvalue weighted by atomic mass is 10.0. The lowest BCUT2D eigenvalue weighted by molar-refractivity contribution is -0.122. The van der Waals surface area contributed by atoms with E-state index in [2.05, 4.69) is 30.1 Å². The summed E-state index contributed by atoms with van der Waals surface area (Å²) in [5.74, 6) is 2.10. The third kappa shape index (κ3) is 4.94. The van der Waals surface area contributed by atoms with E-state index in [1.165, 1.54) is 5.57 Å². The third-order valence-corrected chi connectivity index (χ3v) is 4.37. The van der Waals surface area contributed by atoms with Gasteiger partial charge in [0.25, 0.3) is 0 Å². The molecule has 0 bridgehead atoms. The van der Waals surface area contributed by atoms with Gasteiger partial charge in [0.05, 0.1) is 18.6 Å². The first-order chi connectivity index (χ1) is 11.0. The molecular weight excluding hydrogens is 292 g/mol. The van der Waals surface area contributed by atoms with E-state index in [9.17, 15) is 4.79 Å². The van der Waals surface area contributed by atoms with Crippen LogP contribution < -0.4 is 5.32 Å². The third-order valence-electron chi connectivity index (χ3n) is 4.37. The van der Waals surface area contributed by atoms with Gasteiger partial charge in [0, 0.05) is 33.2 Å². The Hall–Kier alpha value is -1.59. The maximum atomic E-state index is 12.1. The van der Waals surface area contributed by atoms with Gasteiger partial charge in [-0.25, -0.2) is 0 Å². The van der Waals surface area contributed by atoms with Gasteiger partial charge in [-0.2, -0.15) is 0 Å². The average Bonchev–Trinajstić information content (AvgIpc) is 3.11. The molecule has 0 aliphatic carbocycles. The molecule has 1 saturated heterocycles. The molecule has 0 aromatic carbocycles. The number of carbonyl (C=O) groups excluding carboxylic acids is 1. The summed E-state index contributed by atoms with van der Waals surface area (Å²) < 4.78 is 10.8. The Morgan fingerprint density at radius 3 is 2.87 bits per heavy atom. The zero-order chi connectivity index (χ0) is 16.8. The normalized spacial score (nSPS) is 22.5. The highest BCUT2D eigenvalue weighted by Crippen LogP contribution is 2.29. The molecule has 5 heteroatoms. The number of methoxy groups -OCH3 is 1. The lowest BCUT2D eigenvalue weighted by Crippen LogP contribution is -2.40. The molecular formula is C18H28N2O3. The molecule has 5 nitrogen and oxygen atoms in total. The Kier molecular flexibility index (Phi) is 6.42. The molecule has 2 atom stereocenters. The molecule has 1 aliphatic heterocycles. The number of ether oxygens (including phenoxy) is 1. The summed E-state index contributed by atoms with van der Waals surface area (Å²) in [4.78, 5) is 14.4. The minimum Gasteiger partial charge on any atom is -0.466 e. The largest absolute Gasteiger partial charge is 0.466 e. The van der Waals surface area contributed by atoms with Crippen LogP contribution in [0.15, 0.2) is 28.2 Å². The second kappa shape index (κ2) is 8.31. The second-order valence-electron chi connectivity index (χ2n) is 6.30. The van der Waals surface area contributed by atoms with Crippen LogP contribution in [-0.4, -0.2) is 50.2 Å². The molecule has 1 amide bonds. The van der Waals surface area contributed by atoms with E-state index in [0.29, 0.717) is 13.0 Å². The van der Waals surface area contributed by atoms with Crippen LogP contribution in [0, 0.1) is 6.92 Å². The standard InChI is InChI=1S/C18H28N2O3/c1-5-13(2)10-20-11-15(17-7-6-14(3)23-17)16(12-20)19-18(21)8-9-22-4/h5-7,15-16H,8-12H2,1-4H3,(H,19,21)/t15-,16-/m0/s1. The van der Waals surface area contributed by atoms with E-state index in [1.807, 2.05) is 19.1 Å². The summed E-state index contributed by atoms with van der Waals surface area (Å²) in [6.45, 7) is 9.26. The van der Waals surface area contributed by atoms with Crippen LogP contribution in [-0.2, 0) is 9.53 Å². The van der Waals surface area contributed by atoms with Gasteiger partial charge in [-0.1, -0.05) is 11.6 Å². The van der Waals surface area contributed by atoms with Gasteiger partial charge in [-0.3, -0.25) is 9.69 Å². The molecule has 0 unspecified atom stereocenters. The molecule has 2 rings (SSSR count). The summed E-state index contributed by atoms with van der Waals surface area (Å²) >= 11 is 0. The molecule has 1 N–H and O–H groups in total. The SMILES string of the molecule is CC=C(C)CN1C[C@H](NC(=O)CCOC)[C@@H](c2ccc(C)o2)C1. The van der Waals surface area contributed by atoms with Crippen molar-refractivity contribution in [1.29, 1.82) is 0 Å². The van der Waals surface area contributed by atoms with Gasteiger partial charge < -0.3 is 14.5 Å². The van der Waals surface area contributed by atoms with Crippen LogP contribution in [0.4, 0.5) is 0 Å². The van der Waals surface area contributed by atoms with Crippen molar-refractivity contribution in [3.05, 3.63) is 35.3 Å². The highest BCUT2D eigenvalue weighted by atomic mass is 16.5. The van der Waals surface area contributed by atoms with E-state index in [4.69, 9.17) is 9.15 Å². The van der Waals surface area contributed by atoms with Crippen molar-refractivity contribution in [3.8, 4) is 0 Å². The highest BCUT2D eigenvalue weighted by molar-refractivity contribution is 5.76. The number of amides is 1. The number of aryl methyl sites for hydroxylation is 1. The van der Waals surface area contributed by atoms with E-state index >= 15 is 0 Å². The Morgan fingerprint density at radius 1 is 1.48 bits per heavy atom. The zero-order valence-electron chi connectivity index (χ0n) is 14.6. The Balaban J connectivity index is 2.06. The average molecular weight is 320 g/mol. The second-order valence-corrected chi connectivity index (χ2v) is 6.30. The molecule has 0 spiro atoms. The Bertz CT molecular complexity index is 550. The number of hydrogen-bond donors (Lipinski definition) is 1. The van der Waals surface area contributed by atoms with Crippen LogP contribution in [0.3, 0.4) is 0 Å². The molecule has 1 aromatic heterocycles. The number of hydrogen-bond acceptors (Lipinski definition) is 4. The summed E-state index contributed by atoms with van der Waals surface area (Å²) in [5, 5.41) is 3.15. The number of nitrogens with zero attached hydrogens (tertiary/aromatic N) is 1. The molecule has 2 heterocycles. The number of furan rings is 1. The molecule has 1 aromatic rings. The fourth-order valence-corrected chi connectivity index (χ4v) is 3.02.